The molecule has 3 saturated heterocycles. The first-order valence-electron chi connectivity index (χ1n) is 33.6. The standard InChI is InChI=1S/C28H56O3Si.C22H42O3.C17H32O3/c1-8-10-12-14-15-16-17-18-19-21-24(31-32(6,7)28(3,4)5)23-26-25(27(29)30-26)22-20-13-11-9-2;1-3-5-7-9-10-11-12-13-14-16-19(23)18-21-20(22(24)25-21)17-15-8-6-4-2;1-3-4-5-6-7-8-9-10-11-12-15(18)13-16-14(2)17(19)20-16/h24-26H,8-23H2,1-7H3;19-21,23H,3-18H2,1-2H3;14-16,18H,3-13H2,1-2H3/t24-,25?,26?;19-,20+,21+;14-,15-,16-/m111/s1. The summed E-state index contributed by atoms with van der Waals surface area (Å²) in [4.78, 5) is 34.7. The van der Waals surface area contributed by atoms with E-state index in [1.165, 1.54) is 199 Å². The third-order valence-electron chi connectivity index (χ3n) is 17.7. The number of carbonyl (C=O) groups is 3. The van der Waals surface area contributed by atoms with E-state index in [-0.39, 0.29) is 77.3 Å². The number of hydrogen-bond donors (Lipinski definition) is 2. The van der Waals surface area contributed by atoms with Crippen LogP contribution in [-0.4, -0.2) is 73.1 Å². The maximum absolute atomic E-state index is 12.1. The normalized spacial score (nSPS) is 21.2. The van der Waals surface area contributed by atoms with E-state index in [1.54, 1.807) is 0 Å². The van der Waals surface area contributed by atoms with Crippen LogP contribution in [0.2, 0.25) is 18.1 Å². The summed E-state index contributed by atoms with van der Waals surface area (Å²) in [5, 5.41) is 20.3. The molecule has 0 radical (unpaired) electrons. The van der Waals surface area contributed by atoms with Gasteiger partial charge >= 0.3 is 17.9 Å². The van der Waals surface area contributed by atoms with Gasteiger partial charge in [-0.1, -0.05) is 280 Å². The van der Waals surface area contributed by atoms with Crippen LogP contribution in [0.4, 0.5) is 0 Å². The molecule has 2 unspecified atom stereocenters. The number of aliphatic hydroxyl groups is 2. The smallest absolute Gasteiger partial charge is 0.313 e. The van der Waals surface area contributed by atoms with Crippen LogP contribution in [0.5, 0.6) is 0 Å². The zero-order valence-electron chi connectivity index (χ0n) is 52.9. The molecule has 3 aliphatic rings. The molecule has 0 spiro atoms. The molecule has 3 aliphatic heterocycles. The van der Waals surface area contributed by atoms with Crippen molar-refractivity contribution < 1.29 is 43.2 Å². The molecular weight excluding hydrogens is 977 g/mol. The zero-order valence-corrected chi connectivity index (χ0v) is 53.9. The Labute approximate surface area is 478 Å². The monoisotopic (exact) mass is 1110 g/mol. The second kappa shape index (κ2) is 46.0. The third kappa shape index (κ3) is 35.2. The topological polar surface area (TPSA) is 129 Å². The summed E-state index contributed by atoms with van der Waals surface area (Å²) < 4.78 is 22.8. The summed E-state index contributed by atoms with van der Waals surface area (Å²) in [6.45, 7) is 24.7. The molecule has 9 nitrogen and oxygen atoms in total. The molecule has 77 heavy (non-hydrogen) atoms. The van der Waals surface area contributed by atoms with Crippen molar-refractivity contribution in [3.05, 3.63) is 0 Å². The van der Waals surface area contributed by atoms with Gasteiger partial charge in [0.15, 0.2) is 8.32 Å². The van der Waals surface area contributed by atoms with Crippen molar-refractivity contribution in [2.75, 3.05) is 0 Å². The Morgan fingerprint density at radius 1 is 0.416 bits per heavy atom. The van der Waals surface area contributed by atoms with E-state index in [0.717, 1.165) is 64.2 Å². The van der Waals surface area contributed by atoms with Gasteiger partial charge in [-0.2, -0.15) is 0 Å². The van der Waals surface area contributed by atoms with Crippen molar-refractivity contribution in [3.8, 4) is 0 Å². The molecule has 456 valence electrons. The predicted octanol–water partition coefficient (Wildman–Crippen LogP) is 19.6. The van der Waals surface area contributed by atoms with E-state index in [9.17, 15) is 24.6 Å². The Morgan fingerprint density at radius 3 is 1.01 bits per heavy atom. The van der Waals surface area contributed by atoms with Crippen molar-refractivity contribution in [2.45, 2.75) is 393 Å². The van der Waals surface area contributed by atoms with Crippen LogP contribution in [0.25, 0.3) is 0 Å². The lowest BCUT2D eigenvalue weighted by Crippen LogP contribution is -2.49. The average Bonchev–Trinajstić information content (AvgIpc) is 3.38. The molecular formula is C67H130O9Si. The van der Waals surface area contributed by atoms with Gasteiger partial charge in [-0.3, -0.25) is 14.4 Å². The van der Waals surface area contributed by atoms with Gasteiger partial charge in [-0.15, -0.1) is 0 Å². The molecule has 9 atom stereocenters. The molecule has 0 saturated carbocycles. The van der Waals surface area contributed by atoms with Gasteiger partial charge < -0.3 is 28.8 Å². The minimum Gasteiger partial charge on any atom is -0.461 e. The fourth-order valence-corrected chi connectivity index (χ4v) is 12.4. The second-order valence-corrected chi connectivity index (χ2v) is 30.7. The molecule has 3 fully saturated rings. The fourth-order valence-electron chi connectivity index (χ4n) is 11.0. The number of esters is 3. The van der Waals surface area contributed by atoms with Crippen molar-refractivity contribution in [1.82, 2.24) is 0 Å². The lowest BCUT2D eigenvalue weighted by Gasteiger charge is -2.42. The lowest BCUT2D eigenvalue weighted by molar-refractivity contribution is -0.189. The van der Waals surface area contributed by atoms with Crippen LogP contribution in [0, 0.1) is 17.8 Å². The molecule has 3 heterocycles. The van der Waals surface area contributed by atoms with Gasteiger partial charge in [0.05, 0.1) is 30.0 Å². The second-order valence-electron chi connectivity index (χ2n) is 26.0. The highest BCUT2D eigenvalue weighted by atomic mass is 28.4. The SMILES string of the molecule is CCCCCCCCCCC[C@@H](O)C[C@@H]1OC(=O)[C@H]1CCCCCC.CCCCCCCCCCC[C@@H](O)C[C@H]1OC(=O)[C@@H]1C.CCCCCCCCCCC[C@H](CC1OC(=O)C1CCCCCC)O[Si](C)(C)C(C)(C)C. The number of rotatable bonds is 48. The predicted molar refractivity (Wildman–Crippen MR) is 327 cm³/mol. The zero-order chi connectivity index (χ0) is 57.2. The van der Waals surface area contributed by atoms with Crippen molar-refractivity contribution >= 4 is 26.2 Å². The first-order chi connectivity index (χ1) is 37.0. The lowest BCUT2D eigenvalue weighted by atomic mass is 9.86. The van der Waals surface area contributed by atoms with Crippen LogP contribution < -0.4 is 0 Å². The summed E-state index contributed by atoms with van der Waals surface area (Å²) in [7, 11) is -1.83. The fraction of sp³-hybridized carbons (Fsp3) is 0.955. The molecule has 10 heteroatoms. The number of aliphatic hydroxyl groups excluding tert-OH is 2. The molecule has 0 amide bonds. The molecule has 0 aromatic carbocycles. The molecule has 0 bridgehead atoms. The maximum Gasteiger partial charge on any atom is 0.313 e. The molecule has 3 rings (SSSR count). The summed E-state index contributed by atoms with van der Waals surface area (Å²) in [5.74, 6) is 0.00517. The summed E-state index contributed by atoms with van der Waals surface area (Å²) >= 11 is 0. The first-order valence-corrected chi connectivity index (χ1v) is 36.5. The Balaban J connectivity index is 0.000000594. The van der Waals surface area contributed by atoms with Gasteiger partial charge in [0, 0.05) is 25.4 Å². The Kier molecular flexibility index (Phi) is 44.0. The van der Waals surface area contributed by atoms with Crippen molar-refractivity contribution in [3.63, 3.8) is 0 Å². The Hall–Kier alpha value is -1.49. The van der Waals surface area contributed by atoms with Gasteiger partial charge in [0.2, 0.25) is 0 Å². The number of ether oxygens (including phenoxy) is 3. The average molecular weight is 1110 g/mol. The van der Waals surface area contributed by atoms with Crippen LogP contribution >= 0.6 is 0 Å². The van der Waals surface area contributed by atoms with Gasteiger partial charge in [0.1, 0.15) is 18.3 Å². The van der Waals surface area contributed by atoms with Crippen LogP contribution in [0.1, 0.15) is 338 Å². The molecule has 0 aliphatic carbocycles. The van der Waals surface area contributed by atoms with E-state index in [4.69, 9.17) is 18.6 Å². The van der Waals surface area contributed by atoms with E-state index in [2.05, 4.69) is 68.5 Å². The summed E-state index contributed by atoms with van der Waals surface area (Å²) in [6.07, 6.45) is 51.8. The maximum atomic E-state index is 12.1. The highest BCUT2D eigenvalue weighted by molar-refractivity contribution is 6.74. The molecule has 0 aromatic rings. The molecule has 2 N–H and O–H groups in total. The minimum atomic E-state index is -1.83. The third-order valence-corrected chi connectivity index (χ3v) is 22.2. The highest BCUT2D eigenvalue weighted by Crippen LogP contribution is 2.40. The van der Waals surface area contributed by atoms with Gasteiger partial charge in [-0.25, -0.2) is 0 Å². The number of hydrogen-bond acceptors (Lipinski definition) is 9. The van der Waals surface area contributed by atoms with E-state index in [1.807, 2.05) is 6.92 Å². The largest absolute Gasteiger partial charge is 0.461 e. The van der Waals surface area contributed by atoms with Crippen LogP contribution in [-0.2, 0) is 33.0 Å². The molecule has 0 aromatic heterocycles. The summed E-state index contributed by atoms with van der Waals surface area (Å²) in [5.41, 5.74) is 0. The van der Waals surface area contributed by atoms with Crippen LogP contribution in [0.15, 0.2) is 0 Å². The van der Waals surface area contributed by atoms with Gasteiger partial charge in [-0.05, 0) is 57.2 Å². The van der Waals surface area contributed by atoms with Crippen molar-refractivity contribution in [2.24, 2.45) is 17.8 Å². The quantitative estimate of drug-likeness (QED) is 0.0265. The number of carbonyl (C=O) groups excluding carboxylic acids is 3. The summed E-state index contributed by atoms with van der Waals surface area (Å²) in [6, 6.07) is 0. The number of unbranched alkanes of at least 4 members (excludes halogenated alkanes) is 30. The Morgan fingerprint density at radius 2 is 0.701 bits per heavy atom. The van der Waals surface area contributed by atoms with E-state index in [0.29, 0.717) is 12.8 Å². The van der Waals surface area contributed by atoms with Gasteiger partial charge in [0.25, 0.3) is 0 Å². The van der Waals surface area contributed by atoms with Crippen molar-refractivity contribution in [1.29, 1.82) is 0 Å². The minimum absolute atomic E-state index is 0.0206. The first kappa shape index (κ1) is 73.5. The van der Waals surface area contributed by atoms with Crippen LogP contribution in [0.3, 0.4) is 0 Å². The van der Waals surface area contributed by atoms with E-state index < -0.39 is 8.32 Å². The highest BCUT2D eigenvalue weighted by Gasteiger charge is 2.46. The number of cyclic esters (lactones) is 3. The Bertz CT molecular complexity index is 1420. The van der Waals surface area contributed by atoms with E-state index >= 15 is 0 Å².